The normalized spacial score (nSPS) is 12.9. The SMILES string of the molecule is CCC(CNCCOC)Cc1nn(CC)c2ccccc12. The third kappa shape index (κ3) is 4.05. The van der Waals surface area contributed by atoms with Crippen LogP contribution < -0.4 is 5.32 Å². The van der Waals surface area contributed by atoms with E-state index in [9.17, 15) is 0 Å². The number of hydrogen-bond donors (Lipinski definition) is 1. The lowest BCUT2D eigenvalue weighted by atomic mass is 9.98. The van der Waals surface area contributed by atoms with Gasteiger partial charge in [-0.25, -0.2) is 0 Å². The van der Waals surface area contributed by atoms with E-state index >= 15 is 0 Å². The van der Waals surface area contributed by atoms with Gasteiger partial charge in [0, 0.05) is 25.6 Å². The van der Waals surface area contributed by atoms with Crippen LogP contribution in [0.4, 0.5) is 0 Å². The number of nitrogens with one attached hydrogen (secondary N) is 1. The van der Waals surface area contributed by atoms with Crippen LogP contribution in [0.3, 0.4) is 0 Å². The maximum absolute atomic E-state index is 5.07. The van der Waals surface area contributed by atoms with Gasteiger partial charge in [-0.2, -0.15) is 5.10 Å². The van der Waals surface area contributed by atoms with E-state index in [1.165, 1.54) is 16.6 Å². The molecule has 0 radical (unpaired) electrons. The van der Waals surface area contributed by atoms with Crippen LogP contribution in [0.25, 0.3) is 10.9 Å². The molecule has 1 aromatic carbocycles. The fourth-order valence-corrected chi connectivity index (χ4v) is 2.70. The zero-order chi connectivity index (χ0) is 15.1. The zero-order valence-corrected chi connectivity index (χ0v) is 13.4. The molecular formula is C17H27N3O. The van der Waals surface area contributed by atoms with Crippen molar-refractivity contribution in [3.63, 3.8) is 0 Å². The highest BCUT2D eigenvalue weighted by Crippen LogP contribution is 2.21. The summed E-state index contributed by atoms with van der Waals surface area (Å²) in [6.07, 6.45) is 2.19. The molecule has 1 aromatic heterocycles. The largest absolute Gasteiger partial charge is 0.383 e. The molecule has 116 valence electrons. The van der Waals surface area contributed by atoms with Crippen LogP contribution in [-0.4, -0.2) is 36.6 Å². The topological polar surface area (TPSA) is 39.1 Å². The predicted octanol–water partition coefficient (Wildman–Crippen LogP) is 2.86. The molecule has 0 spiro atoms. The van der Waals surface area contributed by atoms with Gasteiger partial charge in [-0.15, -0.1) is 0 Å². The summed E-state index contributed by atoms with van der Waals surface area (Å²) in [4.78, 5) is 0. The van der Waals surface area contributed by atoms with Gasteiger partial charge in [0.25, 0.3) is 0 Å². The molecule has 4 heteroatoms. The molecule has 0 bridgehead atoms. The van der Waals surface area contributed by atoms with Gasteiger partial charge in [0.1, 0.15) is 0 Å². The van der Waals surface area contributed by atoms with Gasteiger partial charge >= 0.3 is 0 Å². The summed E-state index contributed by atoms with van der Waals surface area (Å²) in [5, 5.41) is 9.57. The molecular weight excluding hydrogens is 262 g/mol. The number of aryl methyl sites for hydroxylation is 1. The Hall–Kier alpha value is -1.39. The van der Waals surface area contributed by atoms with Crippen LogP contribution in [0.1, 0.15) is 26.0 Å². The Morgan fingerprint density at radius 2 is 2.10 bits per heavy atom. The lowest BCUT2D eigenvalue weighted by molar-refractivity contribution is 0.197. The summed E-state index contributed by atoms with van der Waals surface area (Å²) >= 11 is 0. The van der Waals surface area contributed by atoms with Crippen molar-refractivity contribution in [3.05, 3.63) is 30.0 Å². The number of hydrogen-bond acceptors (Lipinski definition) is 3. The first-order valence-corrected chi connectivity index (χ1v) is 7.94. The van der Waals surface area contributed by atoms with E-state index < -0.39 is 0 Å². The minimum atomic E-state index is 0.616. The molecule has 0 saturated carbocycles. The number of rotatable bonds is 9. The van der Waals surface area contributed by atoms with Gasteiger partial charge in [0.2, 0.25) is 0 Å². The molecule has 1 unspecified atom stereocenters. The van der Waals surface area contributed by atoms with Crippen molar-refractivity contribution in [2.24, 2.45) is 5.92 Å². The first kappa shape index (κ1) is 16.0. The fourth-order valence-electron chi connectivity index (χ4n) is 2.70. The average molecular weight is 289 g/mol. The number of para-hydroxylation sites is 1. The predicted molar refractivity (Wildman–Crippen MR) is 87.6 cm³/mol. The van der Waals surface area contributed by atoms with E-state index in [4.69, 9.17) is 9.84 Å². The van der Waals surface area contributed by atoms with E-state index in [0.29, 0.717) is 5.92 Å². The second-order valence-electron chi connectivity index (χ2n) is 5.45. The molecule has 0 amide bonds. The lowest BCUT2D eigenvalue weighted by Gasteiger charge is -2.14. The van der Waals surface area contributed by atoms with Crippen molar-refractivity contribution < 1.29 is 4.74 Å². The Morgan fingerprint density at radius 1 is 1.29 bits per heavy atom. The van der Waals surface area contributed by atoms with Gasteiger partial charge in [-0.05, 0) is 31.9 Å². The Balaban J connectivity index is 2.07. The van der Waals surface area contributed by atoms with Crippen molar-refractivity contribution in [3.8, 4) is 0 Å². The van der Waals surface area contributed by atoms with Crippen molar-refractivity contribution in [1.82, 2.24) is 15.1 Å². The summed E-state index contributed by atoms with van der Waals surface area (Å²) < 4.78 is 7.18. The number of fused-ring (bicyclic) bond motifs is 1. The third-order valence-corrected chi connectivity index (χ3v) is 4.01. The molecule has 0 aliphatic heterocycles. The van der Waals surface area contributed by atoms with Crippen molar-refractivity contribution >= 4 is 10.9 Å². The highest BCUT2D eigenvalue weighted by Gasteiger charge is 2.14. The number of methoxy groups -OCH3 is 1. The second-order valence-corrected chi connectivity index (χ2v) is 5.45. The third-order valence-electron chi connectivity index (χ3n) is 4.01. The summed E-state index contributed by atoms with van der Waals surface area (Å²) in [5.41, 5.74) is 2.48. The van der Waals surface area contributed by atoms with Crippen LogP contribution in [0.2, 0.25) is 0 Å². The molecule has 2 rings (SSSR count). The lowest BCUT2D eigenvalue weighted by Crippen LogP contribution is -2.27. The van der Waals surface area contributed by atoms with E-state index in [-0.39, 0.29) is 0 Å². The van der Waals surface area contributed by atoms with Gasteiger partial charge in [-0.1, -0.05) is 31.5 Å². The average Bonchev–Trinajstić information content (AvgIpc) is 2.88. The monoisotopic (exact) mass is 289 g/mol. The van der Waals surface area contributed by atoms with Crippen molar-refractivity contribution in [2.45, 2.75) is 33.2 Å². The fraction of sp³-hybridized carbons (Fsp3) is 0.588. The molecule has 2 aromatic rings. The van der Waals surface area contributed by atoms with Gasteiger partial charge in [0.05, 0.1) is 17.8 Å². The van der Waals surface area contributed by atoms with Gasteiger partial charge in [-0.3, -0.25) is 4.68 Å². The molecule has 4 nitrogen and oxygen atoms in total. The van der Waals surface area contributed by atoms with E-state index in [1.807, 2.05) is 0 Å². The highest BCUT2D eigenvalue weighted by molar-refractivity contribution is 5.81. The Kier molecular flexibility index (Phi) is 6.21. The molecule has 0 aliphatic carbocycles. The smallest absolute Gasteiger partial charge is 0.0706 e. The van der Waals surface area contributed by atoms with Crippen molar-refractivity contribution in [1.29, 1.82) is 0 Å². The molecule has 1 atom stereocenters. The van der Waals surface area contributed by atoms with E-state index in [1.54, 1.807) is 7.11 Å². The van der Waals surface area contributed by atoms with Crippen LogP contribution in [0.5, 0.6) is 0 Å². The number of benzene rings is 1. The van der Waals surface area contributed by atoms with Crippen molar-refractivity contribution in [2.75, 3.05) is 26.8 Å². The highest BCUT2D eigenvalue weighted by atomic mass is 16.5. The first-order valence-electron chi connectivity index (χ1n) is 7.94. The molecule has 0 aliphatic rings. The van der Waals surface area contributed by atoms with Gasteiger partial charge < -0.3 is 10.1 Å². The Labute approximate surface area is 127 Å². The zero-order valence-electron chi connectivity index (χ0n) is 13.4. The van der Waals surface area contributed by atoms with Gasteiger partial charge in [0.15, 0.2) is 0 Å². The minimum absolute atomic E-state index is 0.616. The number of nitrogens with zero attached hydrogens (tertiary/aromatic N) is 2. The number of ether oxygens (including phenoxy) is 1. The van der Waals surface area contributed by atoms with Crippen LogP contribution in [0.15, 0.2) is 24.3 Å². The minimum Gasteiger partial charge on any atom is -0.383 e. The molecule has 1 heterocycles. The maximum Gasteiger partial charge on any atom is 0.0706 e. The quantitative estimate of drug-likeness (QED) is 0.722. The summed E-state index contributed by atoms with van der Waals surface area (Å²) in [7, 11) is 1.74. The van der Waals surface area contributed by atoms with E-state index in [2.05, 4.69) is 48.1 Å². The summed E-state index contributed by atoms with van der Waals surface area (Å²) in [5.74, 6) is 0.616. The second kappa shape index (κ2) is 8.15. The van der Waals surface area contributed by atoms with Crippen LogP contribution >= 0.6 is 0 Å². The summed E-state index contributed by atoms with van der Waals surface area (Å²) in [6, 6.07) is 8.54. The molecule has 1 N–H and O–H groups in total. The summed E-state index contributed by atoms with van der Waals surface area (Å²) in [6.45, 7) is 8.02. The number of aromatic nitrogens is 2. The maximum atomic E-state index is 5.07. The molecule has 21 heavy (non-hydrogen) atoms. The van der Waals surface area contributed by atoms with Crippen LogP contribution in [-0.2, 0) is 17.7 Å². The Morgan fingerprint density at radius 3 is 2.81 bits per heavy atom. The Bertz CT molecular complexity index is 550. The van der Waals surface area contributed by atoms with E-state index in [0.717, 1.165) is 39.1 Å². The first-order chi connectivity index (χ1) is 10.3. The molecule has 0 fully saturated rings. The molecule has 0 saturated heterocycles. The standard InChI is InChI=1S/C17H27N3O/c1-4-14(13-18-10-11-21-3)12-16-15-8-6-7-9-17(15)20(5-2)19-16/h6-9,14,18H,4-5,10-13H2,1-3H3. The van der Waals surface area contributed by atoms with Crippen LogP contribution in [0, 0.1) is 5.92 Å².